The van der Waals surface area contributed by atoms with Crippen LogP contribution in [0.5, 0.6) is 0 Å². The number of hydrogen-bond acceptors (Lipinski definition) is 4. The minimum absolute atomic E-state index is 0.657. The predicted octanol–water partition coefficient (Wildman–Crippen LogP) is 14.7. The fourth-order valence-corrected chi connectivity index (χ4v) is 9.04. The Hall–Kier alpha value is -8.54. The topological polar surface area (TPSA) is 56.5 Å². The second kappa shape index (κ2) is 15.2. The molecule has 5 heteroatoms. The van der Waals surface area contributed by atoms with Crippen molar-refractivity contribution >= 4 is 43.5 Å². The molecule has 12 aromatic rings. The van der Waals surface area contributed by atoms with Crippen LogP contribution < -0.4 is 0 Å². The van der Waals surface area contributed by atoms with Crippen molar-refractivity contribution in [1.82, 2.24) is 24.5 Å². The quantitative estimate of drug-likeness (QED) is 0.151. The zero-order valence-corrected chi connectivity index (χ0v) is 34.1. The predicted molar refractivity (Wildman–Crippen MR) is 260 cm³/mol. The molecule has 0 aliphatic carbocycles. The molecule has 0 fully saturated rings. The van der Waals surface area contributed by atoms with Gasteiger partial charge in [-0.25, -0.2) is 15.0 Å². The third-order valence-electron chi connectivity index (χ3n) is 12.1. The van der Waals surface area contributed by atoms with Crippen molar-refractivity contribution in [3.8, 4) is 73.2 Å². The lowest BCUT2D eigenvalue weighted by molar-refractivity contribution is 1.16. The largest absolute Gasteiger partial charge is 0.309 e. The SMILES string of the molecule is c1ccc(-c2ccc(-c3nc(-c4ccc(-c5ccc(-c6nc7ccccc7c7c6ccc6c7c7ccccc7n6-c6ccccc6)cc5)cc4)cc(-c4ccccn4)n3)cc2)cc1. The molecule has 8 aromatic carbocycles. The highest BCUT2D eigenvalue weighted by Gasteiger charge is 2.20. The van der Waals surface area contributed by atoms with E-state index in [1.54, 1.807) is 6.20 Å². The number of aromatic nitrogens is 5. The molecular weight excluding hydrogens is 767 g/mol. The standard InChI is InChI=1S/C58H37N5/c1-3-13-38(14-4-1)39-26-32-44(33-27-39)58-61-51(37-52(62-58)50-20-11-12-36-59-50)42-28-22-40(23-29-42)41-24-30-43(31-25-41)57-48-34-35-54-56(55(48)46-17-7-9-19-49(46)60-57)47-18-8-10-21-53(47)63(54)45-15-5-2-6-16-45/h1-37H. The molecule has 0 saturated heterocycles. The van der Waals surface area contributed by atoms with Crippen LogP contribution in [-0.2, 0) is 0 Å². The van der Waals surface area contributed by atoms with Gasteiger partial charge in [-0.2, -0.15) is 0 Å². The first-order chi connectivity index (χ1) is 31.2. The van der Waals surface area contributed by atoms with Crippen LogP contribution in [0, 0.1) is 0 Å². The lowest BCUT2D eigenvalue weighted by Gasteiger charge is -2.13. The smallest absolute Gasteiger partial charge is 0.160 e. The van der Waals surface area contributed by atoms with Gasteiger partial charge in [-0.15, -0.1) is 0 Å². The molecular formula is C58H37N5. The number of rotatable bonds is 7. The maximum atomic E-state index is 5.33. The number of hydrogen-bond donors (Lipinski definition) is 0. The van der Waals surface area contributed by atoms with E-state index >= 15 is 0 Å². The second-order valence-electron chi connectivity index (χ2n) is 15.8. The summed E-state index contributed by atoms with van der Waals surface area (Å²) in [6, 6.07) is 76.7. The number of fused-ring (bicyclic) bond motifs is 7. The monoisotopic (exact) mass is 803 g/mol. The normalized spacial score (nSPS) is 11.5. The maximum Gasteiger partial charge on any atom is 0.160 e. The Morgan fingerprint density at radius 1 is 0.317 bits per heavy atom. The average Bonchev–Trinajstić information content (AvgIpc) is 3.71. The third kappa shape index (κ3) is 6.42. The summed E-state index contributed by atoms with van der Waals surface area (Å²) < 4.78 is 2.38. The zero-order valence-electron chi connectivity index (χ0n) is 34.1. The fraction of sp³-hybridized carbons (Fsp3) is 0. The van der Waals surface area contributed by atoms with Crippen molar-refractivity contribution in [1.29, 1.82) is 0 Å². The van der Waals surface area contributed by atoms with Crippen LogP contribution in [0.2, 0.25) is 0 Å². The summed E-state index contributed by atoms with van der Waals surface area (Å²) >= 11 is 0. The van der Waals surface area contributed by atoms with Crippen molar-refractivity contribution in [3.63, 3.8) is 0 Å². The summed E-state index contributed by atoms with van der Waals surface area (Å²) in [4.78, 5) is 20.1. The van der Waals surface area contributed by atoms with Gasteiger partial charge in [-0.05, 0) is 70.8 Å². The average molecular weight is 804 g/mol. The Morgan fingerprint density at radius 3 is 1.60 bits per heavy atom. The first-order valence-electron chi connectivity index (χ1n) is 21.2. The summed E-state index contributed by atoms with van der Waals surface area (Å²) in [6.07, 6.45) is 1.80. The fourth-order valence-electron chi connectivity index (χ4n) is 9.04. The van der Waals surface area contributed by atoms with Crippen LogP contribution >= 0.6 is 0 Å². The Balaban J connectivity index is 0.913. The molecule has 0 bridgehead atoms. The highest BCUT2D eigenvalue weighted by molar-refractivity contribution is 6.29. The molecule has 294 valence electrons. The minimum atomic E-state index is 0.657. The van der Waals surface area contributed by atoms with Crippen molar-refractivity contribution in [2.75, 3.05) is 0 Å². The Bertz CT molecular complexity index is 3620. The number of nitrogens with zero attached hydrogens (tertiary/aromatic N) is 5. The van der Waals surface area contributed by atoms with E-state index in [1.807, 2.05) is 30.3 Å². The summed E-state index contributed by atoms with van der Waals surface area (Å²) in [5.74, 6) is 0.657. The van der Waals surface area contributed by atoms with Gasteiger partial charge in [-0.1, -0.05) is 170 Å². The maximum absolute atomic E-state index is 5.33. The van der Waals surface area contributed by atoms with E-state index in [0.717, 1.165) is 78.1 Å². The molecule has 0 aliphatic heterocycles. The molecule has 5 nitrogen and oxygen atoms in total. The van der Waals surface area contributed by atoms with Crippen LogP contribution in [0.15, 0.2) is 225 Å². The molecule has 4 aromatic heterocycles. The zero-order chi connectivity index (χ0) is 41.7. The van der Waals surface area contributed by atoms with E-state index in [0.29, 0.717) is 5.82 Å². The molecule has 0 amide bonds. The van der Waals surface area contributed by atoms with Crippen LogP contribution in [0.4, 0.5) is 0 Å². The van der Waals surface area contributed by atoms with E-state index in [-0.39, 0.29) is 0 Å². The first-order valence-corrected chi connectivity index (χ1v) is 21.2. The highest BCUT2D eigenvalue weighted by Crippen LogP contribution is 2.42. The van der Waals surface area contributed by atoms with Crippen LogP contribution in [0.3, 0.4) is 0 Å². The Kier molecular flexibility index (Phi) is 8.75. The lowest BCUT2D eigenvalue weighted by Crippen LogP contribution is -1.97. The summed E-state index contributed by atoms with van der Waals surface area (Å²) in [7, 11) is 0. The van der Waals surface area contributed by atoms with Gasteiger partial charge < -0.3 is 4.57 Å². The number of para-hydroxylation sites is 3. The van der Waals surface area contributed by atoms with Gasteiger partial charge in [0, 0.05) is 55.5 Å². The van der Waals surface area contributed by atoms with Gasteiger partial charge in [0.25, 0.3) is 0 Å². The molecule has 4 heterocycles. The second-order valence-corrected chi connectivity index (χ2v) is 15.8. The molecule has 0 N–H and O–H groups in total. The molecule has 0 spiro atoms. The molecule has 63 heavy (non-hydrogen) atoms. The minimum Gasteiger partial charge on any atom is -0.309 e. The molecule has 0 aliphatic rings. The van der Waals surface area contributed by atoms with Crippen LogP contribution in [-0.4, -0.2) is 24.5 Å². The van der Waals surface area contributed by atoms with Gasteiger partial charge in [-0.3, -0.25) is 4.98 Å². The van der Waals surface area contributed by atoms with E-state index in [1.165, 1.54) is 32.8 Å². The summed E-state index contributed by atoms with van der Waals surface area (Å²) in [6.45, 7) is 0. The Labute approximate surface area is 364 Å². The molecule has 0 unspecified atom stereocenters. The molecule has 12 rings (SSSR count). The molecule has 0 atom stereocenters. The van der Waals surface area contributed by atoms with Crippen LogP contribution in [0.25, 0.3) is 117 Å². The van der Waals surface area contributed by atoms with Gasteiger partial charge in [0.05, 0.1) is 39.3 Å². The van der Waals surface area contributed by atoms with Gasteiger partial charge in [0.1, 0.15) is 0 Å². The van der Waals surface area contributed by atoms with Crippen molar-refractivity contribution in [2.45, 2.75) is 0 Å². The summed E-state index contributed by atoms with van der Waals surface area (Å²) in [5.41, 5.74) is 15.5. The number of benzene rings is 8. The van der Waals surface area contributed by atoms with Crippen molar-refractivity contribution in [2.24, 2.45) is 0 Å². The van der Waals surface area contributed by atoms with E-state index < -0.39 is 0 Å². The van der Waals surface area contributed by atoms with Crippen molar-refractivity contribution in [3.05, 3.63) is 225 Å². The van der Waals surface area contributed by atoms with E-state index in [2.05, 4.69) is 198 Å². The number of pyridine rings is 2. The molecule has 0 radical (unpaired) electrons. The van der Waals surface area contributed by atoms with Gasteiger partial charge >= 0.3 is 0 Å². The van der Waals surface area contributed by atoms with E-state index in [4.69, 9.17) is 15.0 Å². The molecule has 0 saturated carbocycles. The lowest BCUT2D eigenvalue weighted by atomic mass is 9.95. The third-order valence-corrected chi connectivity index (χ3v) is 12.1. The van der Waals surface area contributed by atoms with Crippen molar-refractivity contribution < 1.29 is 0 Å². The van der Waals surface area contributed by atoms with Gasteiger partial charge in [0.2, 0.25) is 0 Å². The summed E-state index contributed by atoms with van der Waals surface area (Å²) in [5, 5.41) is 5.98. The first kappa shape index (κ1) is 36.3. The van der Waals surface area contributed by atoms with E-state index in [9.17, 15) is 0 Å². The Morgan fingerprint density at radius 2 is 0.889 bits per heavy atom. The van der Waals surface area contributed by atoms with Gasteiger partial charge in [0.15, 0.2) is 5.82 Å². The van der Waals surface area contributed by atoms with Crippen LogP contribution in [0.1, 0.15) is 0 Å². The highest BCUT2D eigenvalue weighted by atomic mass is 15.0.